The average Bonchev–Trinajstić information content (AvgIpc) is 2.27. The summed E-state index contributed by atoms with van der Waals surface area (Å²) in [5.41, 5.74) is -0.875. The molecule has 3 N–H and O–H groups in total. The van der Waals surface area contributed by atoms with Crippen molar-refractivity contribution in [1.82, 2.24) is 0 Å². The van der Waals surface area contributed by atoms with Gasteiger partial charge in [-0.3, -0.25) is 0 Å². The Kier molecular flexibility index (Phi) is 5.03. The predicted octanol–water partition coefficient (Wildman–Crippen LogP) is 2.24. The van der Waals surface area contributed by atoms with Crippen LogP contribution in [0.1, 0.15) is 30.1 Å². The summed E-state index contributed by atoms with van der Waals surface area (Å²) >= 11 is 0. The largest absolute Gasteiger partial charge is 0.478 e. The van der Waals surface area contributed by atoms with Crippen molar-refractivity contribution in [3.8, 4) is 0 Å². The molecule has 6 heteroatoms. The minimum atomic E-state index is -1.40. The molecule has 0 heterocycles. The topological polar surface area (TPSA) is 69.6 Å². The Morgan fingerprint density at radius 2 is 1.94 bits per heavy atom. The molecule has 1 atom stereocenters. The van der Waals surface area contributed by atoms with Gasteiger partial charge in [0, 0.05) is 6.54 Å². The van der Waals surface area contributed by atoms with Crippen molar-refractivity contribution in [1.29, 1.82) is 0 Å². The Bertz CT molecular complexity index is 414. The first-order valence-electron chi connectivity index (χ1n) is 5.60. The van der Waals surface area contributed by atoms with Gasteiger partial charge in [0.05, 0.1) is 11.7 Å². The van der Waals surface area contributed by atoms with Crippen molar-refractivity contribution in [3.05, 3.63) is 29.3 Å². The van der Waals surface area contributed by atoms with E-state index in [9.17, 15) is 18.7 Å². The number of anilines is 1. The van der Waals surface area contributed by atoms with Gasteiger partial charge in [-0.15, -0.1) is 0 Å². The fraction of sp³-hybridized carbons (Fsp3) is 0.417. The van der Waals surface area contributed by atoms with Crippen LogP contribution in [0.15, 0.2) is 12.1 Å². The highest BCUT2D eigenvalue weighted by Gasteiger charge is 2.15. The van der Waals surface area contributed by atoms with Crippen molar-refractivity contribution in [2.45, 2.75) is 25.9 Å². The summed E-state index contributed by atoms with van der Waals surface area (Å²) < 4.78 is 26.9. The van der Waals surface area contributed by atoms with Gasteiger partial charge in [0.2, 0.25) is 0 Å². The molecule has 1 aromatic carbocycles. The third kappa shape index (κ3) is 3.66. The number of aromatic carboxylic acids is 1. The Balaban J connectivity index is 2.81. The second-order valence-corrected chi connectivity index (χ2v) is 3.94. The molecule has 0 fully saturated rings. The molecule has 100 valence electrons. The molecule has 0 aromatic heterocycles. The predicted molar refractivity (Wildman–Crippen MR) is 62.7 cm³/mol. The molecule has 1 aromatic rings. The van der Waals surface area contributed by atoms with Crippen molar-refractivity contribution >= 4 is 11.7 Å². The third-order valence-electron chi connectivity index (χ3n) is 2.43. The Morgan fingerprint density at radius 3 is 2.39 bits per heavy atom. The SMILES string of the molecule is CCCC(O)CNc1c(F)cc(C(=O)O)cc1F. The molecule has 0 aliphatic heterocycles. The summed E-state index contributed by atoms with van der Waals surface area (Å²) in [6.07, 6.45) is 0.572. The number of hydrogen-bond acceptors (Lipinski definition) is 3. The van der Waals surface area contributed by atoms with E-state index >= 15 is 0 Å². The number of aliphatic hydroxyl groups excluding tert-OH is 1. The fourth-order valence-electron chi connectivity index (χ4n) is 1.52. The van der Waals surface area contributed by atoms with Crippen LogP contribution >= 0.6 is 0 Å². The number of benzene rings is 1. The van der Waals surface area contributed by atoms with Crippen LogP contribution < -0.4 is 5.32 Å². The van der Waals surface area contributed by atoms with Gasteiger partial charge >= 0.3 is 5.97 Å². The van der Waals surface area contributed by atoms with Crippen LogP contribution in [0.25, 0.3) is 0 Å². The number of aliphatic hydroxyl groups is 1. The minimum Gasteiger partial charge on any atom is -0.478 e. The van der Waals surface area contributed by atoms with Gasteiger partial charge in [0.25, 0.3) is 0 Å². The molecule has 0 spiro atoms. The van der Waals surface area contributed by atoms with Crippen LogP contribution in [-0.2, 0) is 0 Å². The highest BCUT2D eigenvalue weighted by molar-refractivity contribution is 5.88. The van der Waals surface area contributed by atoms with E-state index in [-0.39, 0.29) is 6.54 Å². The molecule has 0 aliphatic rings. The zero-order valence-electron chi connectivity index (χ0n) is 9.91. The maximum absolute atomic E-state index is 13.5. The fourth-order valence-corrected chi connectivity index (χ4v) is 1.52. The Morgan fingerprint density at radius 1 is 1.39 bits per heavy atom. The first-order chi connectivity index (χ1) is 8.45. The van der Waals surface area contributed by atoms with Crippen LogP contribution in [0.2, 0.25) is 0 Å². The van der Waals surface area contributed by atoms with Crippen LogP contribution in [0.3, 0.4) is 0 Å². The molecular formula is C12H15F2NO3. The highest BCUT2D eigenvalue weighted by atomic mass is 19.1. The normalized spacial score (nSPS) is 12.2. The lowest BCUT2D eigenvalue weighted by Gasteiger charge is -2.13. The maximum Gasteiger partial charge on any atom is 0.335 e. The number of carbonyl (C=O) groups is 1. The molecule has 1 rings (SSSR count). The number of nitrogens with one attached hydrogen (secondary N) is 1. The summed E-state index contributed by atoms with van der Waals surface area (Å²) in [5.74, 6) is -3.38. The molecular weight excluding hydrogens is 244 g/mol. The average molecular weight is 259 g/mol. The monoisotopic (exact) mass is 259 g/mol. The van der Waals surface area contributed by atoms with E-state index in [1.807, 2.05) is 6.92 Å². The second kappa shape index (κ2) is 6.30. The lowest BCUT2D eigenvalue weighted by atomic mass is 10.1. The Hall–Kier alpha value is -1.69. The lowest BCUT2D eigenvalue weighted by Crippen LogP contribution is -2.20. The quantitative estimate of drug-likeness (QED) is 0.732. The molecule has 18 heavy (non-hydrogen) atoms. The van der Waals surface area contributed by atoms with Crippen molar-refractivity contribution in [2.75, 3.05) is 11.9 Å². The van der Waals surface area contributed by atoms with Gasteiger partial charge in [0.1, 0.15) is 17.3 Å². The standard InChI is InChI=1S/C12H15F2NO3/c1-2-3-8(16)6-15-11-9(13)4-7(12(17)18)5-10(11)14/h4-5,8,15-16H,2-3,6H2,1H3,(H,17,18). The van der Waals surface area contributed by atoms with E-state index in [1.54, 1.807) is 0 Å². The van der Waals surface area contributed by atoms with E-state index in [4.69, 9.17) is 5.11 Å². The molecule has 0 saturated heterocycles. The van der Waals surface area contributed by atoms with Gasteiger partial charge in [-0.1, -0.05) is 13.3 Å². The zero-order valence-corrected chi connectivity index (χ0v) is 9.91. The molecule has 4 nitrogen and oxygen atoms in total. The minimum absolute atomic E-state index is 0.00803. The summed E-state index contributed by atoms with van der Waals surface area (Å²) in [6.45, 7) is 1.89. The molecule has 0 aliphatic carbocycles. The van der Waals surface area contributed by atoms with Crippen LogP contribution in [0.4, 0.5) is 14.5 Å². The van der Waals surface area contributed by atoms with Gasteiger partial charge in [0.15, 0.2) is 0 Å². The number of carboxylic acids is 1. The maximum atomic E-state index is 13.5. The highest BCUT2D eigenvalue weighted by Crippen LogP contribution is 2.21. The van der Waals surface area contributed by atoms with E-state index in [2.05, 4.69) is 5.32 Å². The summed E-state index contributed by atoms with van der Waals surface area (Å²) in [6, 6.07) is 1.47. The van der Waals surface area contributed by atoms with E-state index in [0.717, 1.165) is 18.6 Å². The molecule has 0 radical (unpaired) electrons. The number of hydrogen-bond donors (Lipinski definition) is 3. The summed E-state index contributed by atoms with van der Waals surface area (Å²) in [5, 5.41) is 20.5. The van der Waals surface area contributed by atoms with E-state index < -0.39 is 35.0 Å². The Labute approximate surface area is 103 Å². The van der Waals surface area contributed by atoms with Gasteiger partial charge in [-0.25, -0.2) is 13.6 Å². The molecule has 1 unspecified atom stereocenters. The van der Waals surface area contributed by atoms with Gasteiger partial charge in [-0.2, -0.15) is 0 Å². The first kappa shape index (κ1) is 14.4. The van der Waals surface area contributed by atoms with E-state index in [0.29, 0.717) is 6.42 Å². The van der Waals surface area contributed by atoms with Crippen molar-refractivity contribution in [2.24, 2.45) is 0 Å². The number of carboxylic acid groups (broad SMARTS) is 1. The summed E-state index contributed by atoms with van der Waals surface area (Å²) in [7, 11) is 0. The molecule has 0 amide bonds. The van der Waals surface area contributed by atoms with Crippen LogP contribution in [0.5, 0.6) is 0 Å². The number of rotatable bonds is 6. The smallest absolute Gasteiger partial charge is 0.335 e. The molecule has 0 saturated carbocycles. The van der Waals surface area contributed by atoms with E-state index in [1.165, 1.54) is 0 Å². The van der Waals surface area contributed by atoms with Crippen LogP contribution in [0, 0.1) is 11.6 Å². The van der Waals surface area contributed by atoms with Gasteiger partial charge in [-0.05, 0) is 18.6 Å². The lowest BCUT2D eigenvalue weighted by molar-refractivity contribution is 0.0695. The second-order valence-electron chi connectivity index (χ2n) is 3.94. The van der Waals surface area contributed by atoms with Crippen molar-refractivity contribution in [3.63, 3.8) is 0 Å². The molecule has 0 bridgehead atoms. The summed E-state index contributed by atoms with van der Waals surface area (Å²) in [4.78, 5) is 10.6. The third-order valence-corrected chi connectivity index (χ3v) is 2.43. The number of halogens is 2. The van der Waals surface area contributed by atoms with Crippen LogP contribution in [-0.4, -0.2) is 28.8 Å². The zero-order chi connectivity index (χ0) is 13.7. The first-order valence-corrected chi connectivity index (χ1v) is 5.60. The van der Waals surface area contributed by atoms with Crippen molar-refractivity contribution < 1.29 is 23.8 Å². The van der Waals surface area contributed by atoms with Gasteiger partial charge < -0.3 is 15.5 Å².